The van der Waals surface area contributed by atoms with Gasteiger partial charge in [-0.15, -0.1) is 0 Å². The first-order valence-corrected chi connectivity index (χ1v) is 36.5. The van der Waals surface area contributed by atoms with Crippen LogP contribution in [0.3, 0.4) is 0 Å². The van der Waals surface area contributed by atoms with Crippen molar-refractivity contribution in [3.63, 3.8) is 0 Å². The van der Waals surface area contributed by atoms with E-state index in [-0.39, 0.29) is 31.1 Å². The van der Waals surface area contributed by atoms with Gasteiger partial charge in [-0.2, -0.15) is 0 Å². The van der Waals surface area contributed by atoms with E-state index < -0.39 is 6.10 Å². The van der Waals surface area contributed by atoms with Gasteiger partial charge in [-0.1, -0.05) is 353 Å². The largest absolute Gasteiger partial charge is 0.462 e. The van der Waals surface area contributed by atoms with Gasteiger partial charge in [-0.3, -0.25) is 14.4 Å². The lowest BCUT2D eigenvalue weighted by Gasteiger charge is -2.18. The minimum absolute atomic E-state index is 0.0759. The van der Waals surface area contributed by atoms with Crippen molar-refractivity contribution in [3.05, 3.63) is 36.5 Å². The van der Waals surface area contributed by atoms with Crippen LogP contribution >= 0.6 is 0 Å². The highest BCUT2D eigenvalue weighted by Gasteiger charge is 2.19. The van der Waals surface area contributed by atoms with Gasteiger partial charge < -0.3 is 14.2 Å². The molecular formula is C75H140O6. The standard InChI is InChI=1S/C75H140O6/c1-4-7-10-13-16-19-22-25-28-29-30-31-32-33-34-35-36-37-38-39-40-41-42-43-44-45-46-48-50-53-56-59-62-65-68-74(77)80-71-72(70-79-73(76)67-64-61-58-55-52-49-27-24-21-18-15-12-9-6-3)81-75(78)69-66-63-60-57-54-51-47-26-23-20-17-14-11-8-5-2/h15,18,24,26-27,47,72H,4-14,16-17,19-23,25,28-46,48-71H2,1-3H3/b18-15-,27-24-,47-26-. The third-order valence-electron chi connectivity index (χ3n) is 16.6. The molecule has 0 aliphatic carbocycles. The Bertz CT molecular complexity index is 1350. The summed E-state index contributed by atoms with van der Waals surface area (Å²) in [7, 11) is 0. The van der Waals surface area contributed by atoms with E-state index >= 15 is 0 Å². The number of hydrogen-bond acceptors (Lipinski definition) is 6. The molecule has 0 aliphatic rings. The van der Waals surface area contributed by atoms with Gasteiger partial charge in [0.2, 0.25) is 0 Å². The van der Waals surface area contributed by atoms with Crippen LogP contribution in [-0.4, -0.2) is 37.2 Å². The molecule has 0 aromatic carbocycles. The maximum absolute atomic E-state index is 12.9. The van der Waals surface area contributed by atoms with Crippen molar-refractivity contribution >= 4 is 17.9 Å². The molecule has 0 rings (SSSR count). The third kappa shape index (κ3) is 68.3. The maximum Gasteiger partial charge on any atom is 0.306 e. The normalized spacial score (nSPS) is 12.2. The molecule has 0 aromatic rings. The van der Waals surface area contributed by atoms with Gasteiger partial charge in [0.05, 0.1) is 0 Å². The smallest absolute Gasteiger partial charge is 0.306 e. The van der Waals surface area contributed by atoms with Crippen LogP contribution in [0.4, 0.5) is 0 Å². The average molecular weight is 1140 g/mol. The van der Waals surface area contributed by atoms with Gasteiger partial charge in [0.15, 0.2) is 6.10 Å². The lowest BCUT2D eigenvalue weighted by atomic mass is 10.0. The monoisotopic (exact) mass is 1140 g/mol. The van der Waals surface area contributed by atoms with Crippen LogP contribution in [0.2, 0.25) is 0 Å². The number of allylic oxidation sites excluding steroid dienone is 6. The Balaban J connectivity index is 4.07. The van der Waals surface area contributed by atoms with E-state index in [1.807, 2.05) is 0 Å². The van der Waals surface area contributed by atoms with Crippen molar-refractivity contribution in [3.8, 4) is 0 Å². The first-order valence-electron chi connectivity index (χ1n) is 36.5. The summed E-state index contributed by atoms with van der Waals surface area (Å²) in [5.74, 6) is -0.874. The SMILES string of the molecule is CCCC/C=C\C/C=C\CCCCCCCC(=O)OCC(COC(=O)CCCCCCCCCCCCCCCCCCCCCCCCCCCCCCCCCCCC)OC(=O)CCCCCCC/C=C\CCCCCCCC. The summed E-state index contributed by atoms with van der Waals surface area (Å²) in [5, 5.41) is 0. The average Bonchev–Trinajstić information content (AvgIpc) is 3.47. The van der Waals surface area contributed by atoms with E-state index in [2.05, 4.69) is 57.2 Å². The quantitative estimate of drug-likeness (QED) is 0.0261. The van der Waals surface area contributed by atoms with Gasteiger partial charge >= 0.3 is 17.9 Å². The minimum atomic E-state index is -0.781. The lowest BCUT2D eigenvalue weighted by Crippen LogP contribution is -2.30. The second kappa shape index (κ2) is 70.1. The van der Waals surface area contributed by atoms with E-state index in [1.165, 1.54) is 283 Å². The minimum Gasteiger partial charge on any atom is -0.462 e. The molecule has 0 amide bonds. The number of hydrogen-bond donors (Lipinski definition) is 0. The zero-order valence-corrected chi connectivity index (χ0v) is 54.8. The molecular weight excluding hydrogens is 997 g/mol. The first-order chi connectivity index (χ1) is 40.0. The summed E-state index contributed by atoms with van der Waals surface area (Å²) < 4.78 is 16.9. The van der Waals surface area contributed by atoms with Crippen LogP contribution in [-0.2, 0) is 28.6 Å². The van der Waals surface area contributed by atoms with Gasteiger partial charge in [-0.05, 0) is 70.6 Å². The van der Waals surface area contributed by atoms with Gasteiger partial charge in [0.1, 0.15) is 13.2 Å². The summed E-state index contributed by atoms with van der Waals surface area (Å²) in [5.41, 5.74) is 0. The lowest BCUT2D eigenvalue weighted by molar-refractivity contribution is -0.167. The summed E-state index contributed by atoms with van der Waals surface area (Å²) in [6.45, 7) is 6.64. The van der Waals surface area contributed by atoms with Crippen molar-refractivity contribution in [1.82, 2.24) is 0 Å². The molecule has 476 valence electrons. The number of unbranched alkanes of at least 4 members (excludes halogenated alkanes) is 51. The zero-order chi connectivity index (χ0) is 58.5. The Morgan fingerprint density at radius 1 is 0.247 bits per heavy atom. The first kappa shape index (κ1) is 78.6. The molecule has 0 fully saturated rings. The fourth-order valence-corrected chi connectivity index (χ4v) is 11.1. The second-order valence-corrected chi connectivity index (χ2v) is 24.9. The van der Waals surface area contributed by atoms with Crippen molar-refractivity contribution in [2.75, 3.05) is 13.2 Å². The third-order valence-corrected chi connectivity index (χ3v) is 16.6. The summed E-state index contributed by atoms with van der Waals surface area (Å²) in [6.07, 6.45) is 87.8. The number of esters is 3. The highest BCUT2D eigenvalue weighted by molar-refractivity contribution is 5.71. The zero-order valence-electron chi connectivity index (χ0n) is 54.8. The van der Waals surface area contributed by atoms with Crippen molar-refractivity contribution in [1.29, 1.82) is 0 Å². The van der Waals surface area contributed by atoms with E-state index in [9.17, 15) is 14.4 Å². The van der Waals surface area contributed by atoms with Crippen LogP contribution < -0.4 is 0 Å². The Morgan fingerprint density at radius 2 is 0.457 bits per heavy atom. The highest BCUT2D eigenvalue weighted by atomic mass is 16.6. The molecule has 0 N–H and O–H groups in total. The van der Waals surface area contributed by atoms with Crippen LogP contribution in [0.1, 0.15) is 406 Å². The fourth-order valence-electron chi connectivity index (χ4n) is 11.1. The Kier molecular flexibility index (Phi) is 68.1. The summed E-state index contributed by atoms with van der Waals surface area (Å²) in [6, 6.07) is 0. The van der Waals surface area contributed by atoms with Gasteiger partial charge in [-0.25, -0.2) is 0 Å². The number of carbonyl (C=O) groups excluding carboxylic acids is 3. The number of ether oxygens (including phenoxy) is 3. The highest BCUT2D eigenvalue weighted by Crippen LogP contribution is 2.19. The summed E-state index contributed by atoms with van der Waals surface area (Å²) >= 11 is 0. The van der Waals surface area contributed by atoms with Crippen molar-refractivity contribution in [2.45, 2.75) is 412 Å². The molecule has 0 aliphatic heterocycles. The molecule has 0 spiro atoms. The molecule has 0 heterocycles. The van der Waals surface area contributed by atoms with E-state index in [1.54, 1.807) is 0 Å². The van der Waals surface area contributed by atoms with E-state index in [0.29, 0.717) is 19.3 Å². The summed E-state index contributed by atoms with van der Waals surface area (Å²) in [4.78, 5) is 38.3. The van der Waals surface area contributed by atoms with Crippen molar-refractivity contribution in [2.24, 2.45) is 0 Å². The molecule has 0 saturated heterocycles. The molecule has 6 nitrogen and oxygen atoms in total. The van der Waals surface area contributed by atoms with E-state index in [0.717, 1.165) is 83.5 Å². The maximum atomic E-state index is 12.9. The molecule has 1 unspecified atom stereocenters. The van der Waals surface area contributed by atoms with Crippen molar-refractivity contribution < 1.29 is 28.6 Å². The Morgan fingerprint density at radius 3 is 0.728 bits per heavy atom. The molecule has 0 radical (unpaired) electrons. The van der Waals surface area contributed by atoms with Crippen LogP contribution in [0.25, 0.3) is 0 Å². The molecule has 0 bridgehead atoms. The fraction of sp³-hybridized carbons (Fsp3) is 0.880. The molecule has 6 heteroatoms. The molecule has 81 heavy (non-hydrogen) atoms. The Labute approximate surface area is 506 Å². The van der Waals surface area contributed by atoms with Gasteiger partial charge in [0.25, 0.3) is 0 Å². The molecule has 0 saturated carbocycles. The topological polar surface area (TPSA) is 78.9 Å². The predicted octanol–water partition coefficient (Wildman–Crippen LogP) is 25.1. The van der Waals surface area contributed by atoms with Crippen LogP contribution in [0.5, 0.6) is 0 Å². The van der Waals surface area contributed by atoms with Crippen LogP contribution in [0, 0.1) is 0 Å². The Hall–Kier alpha value is -2.37. The van der Waals surface area contributed by atoms with E-state index in [4.69, 9.17) is 14.2 Å². The van der Waals surface area contributed by atoms with Crippen LogP contribution in [0.15, 0.2) is 36.5 Å². The molecule has 1 atom stereocenters. The second-order valence-electron chi connectivity index (χ2n) is 24.9. The molecule has 0 aromatic heterocycles. The number of carbonyl (C=O) groups is 3. The number of rotatable bonds is 68. The van der Waals surface area contributed by atoms with Gasteiger partial charge in [0, 0.05) is 19.3 Å². The predicted molar refractivity (Wildman–Crippen MR) is 353 cm³/mol.